The topological polar surface area (TPSA) is 70.2 Å². The van der Waals surface area contributed by atoms with Crippen LogP contribution >= 0.6 is 0 Å². The van der Waals surface area contributed by atoms with Gasteiger partial charge in [0.15, 0.2) is 5.82 Å². The Labute approximate surface area is 183 Å². The van der Waals surface area contributed by atoms with Crippen molar-refractivity contribution in [2.24, 2.45) is 0 Å². The van der Waals surface area contributed by atoms with Crippen LogP contribution in [0.15, 0.2) is 30.3 Å². The van der Waals surface area contributed by atoms with Crippen LogP contribution in [-0.2, 0) is 4.79 Å². The van der Waals surface area contributed by atoms with Crippen LogP contribution in [0.4, 0.5) is 14.6 Å². The zero-order chi connectivity index (χ0) is 22.8. The average molecular weight is 437 g/mol. The Morgan fingerprint density at radius 2 is 1.97 bits per heavy atom. The minimum absolute atomic E-state index is 0.0684. The molecule has 1 fully saturated rings. The van der Waals surface area contributed by atoms with E-state index >= 15 is 0 Å². The smallest absolute Gasteiger partial charge is 0.387 e. The number of hydrogen-bond donors (Lipinski definition) is 2. The average Bonchev–Trinajstić information content (AvgIpc) is 3.20. The molecule has 0 saturated carbocycles. The summed E-state index contributed by atoms with van der Waals surface area (Å²) in [4.78, 5) is 14.7. The standard InChI is InChI=1S/C21H28F2N4O2.C2H6/c1-14-6-3-7-15(2)27(14)11-5-10-20(28)24-19-13-18(25-26-19)16-8-4-9-17(12-16)29-21(22)23;1-2/h4,8-9,12-15,21H,3,5-7,10-11H2,1-2H3,(H2,24,25,26,28);1-2H3. The molecule has 2 aromatic rings. The number of benzene rings is 1. The number of hydrogen-bond acceptors (Lipinski definition) is 4. The number of rotatable bonds is 8. The van der Waals surface area contributed by atoms with E-state index < -0.39 is 6.61 Å². The molecular formula is C23H34F2N4O2. The lowest BCUT2D eigenvalue weighted by Gasteiger charge is -2.39. The Kier molecular flexibility index (Phi) is 9.91. The number of amides is 1. The molecule has 1 saturated heterocycles. The summed E-state index contributed by atoms with van der Waals surface area (Å²) in [5.41, 5.74) is 1.25. The lowest BCUT2D eigenvalue weighted by atomic mass is 9.97. The number of carbonyl (C=O) groups excluding carboxylic acids is 1. The summed E-state index contributed by atoms with van der Waals surface area (Å²) < 4.78 is 29.2. The number of aromatic amines is 1. The van der Waals surface area contributed by atoms with E-state index in [9.17, 15) is 13.6 Å². The molecule has 1 aromatic carbocycles. The van der Waals surface area contributed by atoms with Crippen molar-refractivity contribution in [3.8, 4) is 17.0 Å². The molecule has 3 rings (SSSR count). The van der Waals surface area contributed by atoms with Crippen LogP contribution in [0.2, 0.25) is 0 Å². The van der Waals surface area contributed by atoms with Crippen molar-refractivity contribution in [2.45, 2.75) is 78.5 Å². The van der Waals surface area contributed by atoms with Crippen molar-refractivity contribution in [2.75, 3.05) is 11.9 Å². The van der Waals surface area contributed by atoms with Gasteiger partial charge in [0.05, 0.1) is 5.69 Å². The van der Waals surface area contributed by atoms with Gasteiger partial charge in [0.1, 0.15) is 5.75 Å². The second kappa shape index (κ2) is 12.4. The summed E-state index contributed by atoms with van der Waals surface area (Å²) in [5.74, 6) is 0.388. The minimum Gasteiger partial charge on any atom is -0.435 e. The van der Waals surface area contributed by atoms with Crippen LogP contribution in [0.1, 0.15) is 59.8 Å². The summed E-state index contributed by atoms with van der Waals surface area (Å²) in [6, 6.07) is 9.13. The number of likely N-dealkylation sites (tertiary alicyclic amines) is 1. The predicted octanol–water partition coefficient (Wildman–Crippen LogP) is 5.69. The van der Waals surface area contributed by atoms with Crippen molar-refractivity contribution >= 4 is 11.7 Å². The van der Waals surface area contributed by atoms with Crippen molar-refractivity contribution in [3.05, 3.63) is 30.3 Å². The summed E-state index contributed by atoms with van der Waals surface area (Å²) in [6.07, 6.45) is 4.94. The van der Waals surface area contributed by atoms with Crippen molar-refractivity contribution in [1.82, 2.24) is 15.1 Å². The Balaban J connectivity index is 0.00000166. The zero-order valence-corrected chi connectivity index (χ0v) is 18.8. The molecule has 2 atom stereocenters. The molecule has 31 heavy (non-hydrogen) atoms. The second-order valence-corrected chi connectivity index (χ2v) is 7.59. The predicted molar refractivity (Wildman–Crippen MR) is 119 cm³/mol. The number of nitrogens with zero attached hydrogens (tertiary/aromatic N) is 2. The van der Waals surface area contributed by atoms with Crippen molar-refractivity contribution < 1.29 is 18.3 Å². The number of ether oxygens (including phenoxy) is 1. The third-order valence-electron chi connectivity index (χ3n) is 5.41. The Bertz CT molecular complexity index is 802. The number of carbonyl (C=O) groups is 1. The van der Waals surface area contributed by atoms with Gasteiger partial charge in [-0.1, -0.05) is 32.4 Å². The van der Waals surface area contributed by atoms with Gasteiger partial charge in [0.2, 0.25) is 5.91 Å². The maximum absolute atomic E-state index is 12.4. The van der Waals surface area contributed by atoms with Gasteiger partial charge in [-0.3, -0.25) is 14.8 Å². The molecule has 1 aliphatic heterocycles. The number of piperidine rings is 1. The van der Waals surface area contributed by atoms with Gasteiger partial charge in [-0.15, -0.1) is 0 Å². The van der Waals surface area contributed by atoms with Crippen LogP contribution in [-0.4, -0.2) is 46.2 Å². The number of anilines is 1. The molecule has 0 bridgehead atoms. The molecule has 1 aliphatic rings. The first-order valence-corrected chi connectivity index (χ1v) is 11.1. The number of aromatic nitrogens is 2. The van der Waals surface area contributed by atoms with Crippen LogP contribution in [0, 0.1) is 0 Å². The monoisotopic (exact) mass is 436 g/mol. The van der Waals surface area contributed by atoms with E-state index in [0.717, 1.165) is 13.0 Å². The molecule has 0 aliphatic carbocycles. The van der Waals surface area contributed by atoms with E-state index in [1.54, 1.807) is 18.2 Å². The quantitative estimate of drug-likeness (QED) is 0.558. The number of halogens is 2. The van der Waals surface area contributed by atoms with Gasteiger partial charge >= 0.3 is 6.61 Å². The highest BCUT2D eigenvalue weighted by Crippen LogP contribution is 2.25. The molecule has 2 heterocycles. The first-order chi connectivity index (χ1) is 14.9. The molecule has 1 aromatic heterocycles. The summed E-state index contributed by atoms with van der Waals surface area (Å²) >= 11 is 0. The Morgan fingerprint density at radius 3 is 2.65 bits per heavy atom. The van der Waals surface area contributed by atoms with Crippen LogP contribution in [0.3, 0.4) is 0 Å². The third kappa shape index (κ3) is 7.61. The van der Waals surface area contributed by atoms with Crippen molar-refractivity contribution in [1.29, 1.82) is 0 Å². The van der Waals surface area contributed by atoms with Crippen LogP contribution in [0.25, 0.3) is 11.3 Å². The molecule has 0 radical (unpaired) electrons. The SMILES string of the molecule is CC.CC1CCCC(C)N1CCCC(=O)Nc1cc(-c2cccc(OC(F)F)c2)[nH]n1. The van der Waals surface area contributed by atoms with E-state index in [1.165, 1.54) is 31.4 Å². The fourth-order valence-electron chi connectivity index (χ4n) is 3.92. The fourth-order valence-corrected chi connectivity index (χ4v) is 3.92. The molecule has 0 spiro atoms. The Hall–Kier alpha value is -2.48. The zero-order valence-electron chi connectivity index (χ0n) is 18.8. The van der Waals surface area contributed by atoms with E-state index in [1.807, 2.05) is 13.8 Å². The molecule has 8 heteroatoms. The summed E-state index contributed by atoms with van der Waals surface area (Å²) in [5, 5.41) is 9.69. The molecular weight excluding hydrogens is 402 g/mol. The molecule has 1 amide bonds. The van der Waals surface area contributed by atoms with E-state index in [4.69, 9.17) is 0 Å². The van der Waals surface area contributed by atoms with Gasteiger partial charge in [0.25, 0.3) is 0 Å². The van der Waals surface area contributed by atoms with Gasteiger partial charge in [-0.05, 0) is 51.8 Å². The fraction of sp³-hybridized carbons (Fsp3) is 0.565. The minimum atomic E-state index is -2.88. The van der Waals surface area contributed by atoms with E-state index in [0.29, 0.717) is 35.6 Å². The van der Waals surface area contributed by atoms with E-state index in [2.05, 4.69) is 39.0 Å². The highest BCUT2D eigenvalue weighted by atomic mass is 19.3. The van der Waals surface area contributed by atoms with Gasteiger partial charge in [-0.2, -0.15) is 13.9 Å². The number of H-pyrrole nitrogens is 1. The second-order valence-electron chi connectivity index (χ2n) is 7.59. The lowest BCUT2D eigenvalue weighted by molar-refractivity contribution is -0.116. The molecule has 2 N–H and O–H groups in total. The maximum Gasteiger partial charge on any atom is 0.387 e. The Morgan fingerprint density at radius 1 is 1.26 bits per heavy atom. The van der Waals surface area contributed by atoms with Gasteiger partial charge in [-0.25, -0.2) is 0 Å². The molecule has 172 valence electrons. The first kappa shape index (κ1) is 24.8. The molecule has 2 unspecified atom stereocenters. The maximum atomic E-state index is 12.4. The highest BCUT2D eigenvalue weighted by Gasteiger charge is 2.24. The summed E-state index contributed by atoms with van der Waals surface area (Å²) in [7, 11) is 0. The normalized spacial score (nSPS) is 18.9. The molecule has 6 nitrogen and oxygen atoms in total. The summed E-state index contributed by atoms with van der Waals surface area (Å²) in [6.45, 7) is 6.54. The largest absolute Gasteiger partial charge is 0.435 e. The first-order valence-electron chi connectivity index (χ1n) is 11.1. The van der Waals surface area contributed by atoms with Crippen molar-refractivity contribution in [3.63, 3.8) is 0 Å². The number of alkyl halides is 2. The third-order valence-corrected chi connectivity index (χ3v) is 5.41. The highest BCUT2D eigenvalue weighted by molar-refractivity contribution is 5.90. The van der Waals surface area contributed by atoms with Crippen LogP contribution in [0.5, 0.6) is 5.75 Å². The van der Waals surface area contributed by atoms with Crippen LogP contribution < -0.4 is 10.1 Å². The lowest BCUT2D eigenvalue weighted by Crippen LogP contribution is -2.44. The number of nitrogens with one attached hydrogen (secondary N) is 2. The van der Waals surface area contributed by atoms with E-state index in [-0.39, 0.29) is 11.7 Å². The van der Waals surface area contributed by atoms with Gasteiger partial charge in [0, 0.05) is 30.1 Å². The van der Waals surface area contributed by atoms with Gasteiger partial charge < -0.3 is 10.1 Å².